The lowest BCUT2D eigenvalue weighted by Crippen LogP contribution is -2.28. The van der Waals surface area contributed by atoms with Gasteiger partial charge in [-0.1, -0.05) is 23.8 Å². The lowest BCUT2D eigenvalue weighted by molar-refractivity contribution is 0.102. The third-order valence-corrected chi connectivity index (χ3v) is 6.00. The van der Waals surface area contributed by atoms with E-state index in [4.69, 9.17) is 0 Å². The normalized spacial score (nSPS) is 15.4. The molecule has 2 aromatic carbocycles. The number of hydrogen-bond acceptors (Lipinski definition) is 3. The lowest BCUT2D eigenvalue weighted by Gasteiger charge is -2.16. The molecule has 1 heterocycles. The molecular weight excluding hydrogens is 324 g/mol. The molecule has 1 aliphatic heterocycles. The zero-order chi connectivity index (χ0) is 17.2. The van der Waals surface area contributed by atoms with Gasteiger partial charge in [0.15, 0.2) is 0 Å². The molecule has 5 nitrogen and oxygen atoms in total. The van der Waals surface area contributed by atoms with Crippen molar-refractivity contribution in [1.82, 2.24) is 4.31 Å². The van der Waals surface area contributed by atoms with Gasteiger partial charge in [-0.25, -0.2) is 8.42 Å². The molecule has 1 fully saturated rings. The quantitative estimate of drug-likeness (QED) is 0.927. The number of hydrogen-bond donors (Lipinski definition) is 1. The van der Waals surface area contributed by atoms with Crippen molar-refractivity contribution in [3.8, 4) is 0 Å². The Morgan fingerprint density at radius 3 is 2.38 bits per heavy atom. The smallest absolute Gasteiger partial charge is 0.255 e. The molecule has 1 N–H and O–H groups in total. The summed E-state index contributed by atoms with van der Waals surface area (Å²) in [6.07, 6.45) is 1.76. The maximum absolute atomic E-state index is 12.6. The van der Waals surface area contributed by atoms with Gasteiger partial charge >= 0.3 is 0 Å². The first-order valence-electron chi connectivity index (χ1n) is 7.95. The van der Waals surface area contributed by atoms with Crippen molar-refractivity contribution in [2.75, 3.05) is 18.4 Å². The molecule has 0 radical (unpaired) electrons. The number of nitrogens with zero attached hydrogens (tertiary/aromatic N) is 1. The van der Waals surface area contributed by atoms with Crippen LogP contribution in [0.25, 0.3) is 0 Å². The standard InChI is InChI=1S/C18H20N2O3S/c1-14-7-9-16(10-8-14)19-18(21)15-5-4-6-17(13-15)24(22,23)20-11-2-3-12-20/h4-10,13H,2-3,11-12H2,1H3,(H,19,21). The van der Waals surface area contributed by atoms with Crippen molar-refractivity contribution in [3.63, 3.8) is 0 Å². The van der Waals surface area contributed by atoms with Gasteiger partial charge in [-0.15, -0.1) is 0 Å². The average Bonchev–Trinajstić information content (AvgIpc) is 3.12. The molecule has 1 amide bonds. The van der Waals surface area contributed by atoms with Gasteiger partial charge in [-0.3, -0.25) is 4.79 Å². The van der Waals surface area contributed by atoms with E-state index in [1.54, 1.807) is 12.1 Å². The van der Waals surface area contributed by atoms with Gasteiger partial charge in [-0.05, 0) is 50.1 Å². The fraction of sp³-hybridized carbons (Fsp3) is 0.278. The van der Waals surface area contributed by atoms with Crippen molar-refractivity contribution in [2.24, 2.45) is 0 Å². The predicted molar refractivity (Wildman–Crippen MR) is 93.6 cm³/mol. The highest BCUT2D eigenvalue weighted by Crippen LogP contribution is 2.22. The van der Waals surface area contributed by atoms with E-state index in [1.165, 1.54) is 16.4 Å². The Kier molecular flexibility index (Phi) is 4.69. The highest BCUT2D eigenvalue weighted by molar-refractivity contribution is 7.89. The third kappa shape index (κ3) is 3.49. The van der Waals surface area contributed by atoms with Crippen LogP contribution in [0.3, 0.4) is 0 Å². The number of sulfonamides is 1. The fourth-order valence-electron chi connectivity index (χ4n) is 2.72. The minimum atomic E-state index is -3.52. The summed E-state index contributed by atoms with van der Waals surface area (Å²) in [4.78, 5) is 12.5. The maximum atomic E-state index is 12.6. The molecule has 3 rings (SSSR count). The van der Waals surface area contributed by atoms with Crippen molar-refractivity contribution in [2.45, 2.75) is 24.7 Å². The van der Waals surface area contributed by atoms with Crippen LogP contribution in [0.1, 0.15) is 28.8 Å². The van der Waals surface area contributed by atoms with Crippen LogP contribution in [0.2, 0.25) is 0 Å². The topological polar surface area (TPSA) is 66.5 Å². The van der Waals surface area contributed by atoms with E-state index < -0.39 is 10.0 Å². The number of rotatable bonds is 4. The molecule has 0 unspecified atom stereocenters. The summed E-state index contributed by atoms with van der Waals surface area (Å²) >= 11 is 0. The average molecular weight is 344 g/mol. The number of aryl methyl sites for hydroxylation is 1. The summed E-state index contributed by atoms with van der Waals surface area (Å²) in [5.74, 6) is -0.322. The highest BCUT2D eigenvalue weighted by atomic mass is 32.2. The number of carbonyl (C=O) groups is 1. The van der Waals surface area contributed by atoms with E-state index in [1.807, 2.05) is 31.2 Å². The second-order valence-electron chi connectivity index (χ2n) is 5.96. The molecule has 0 atom stereocenters. The zero-order valence-corrected chi connectivity index (χ0v) is 14.3. The van der Waals surface area contributed by atoms with E-state index in [9.17, 15) is 13.2 Å². The van der Waals surface area contributed by atoms with E-state index in [0.717, 1.165) is 18.4 Å². The number of nitrogens with one attached hydrogen (secondary N) is 1. The van der Waals surface area contributed by atoms with Gasteiger partial charge in [0.1, 0.15) is 0 Å². The van der Waals surface area contributed by atoms with Crippen LogP contribution in [0.15, 0.2) is 53.4 Å². The molecule has 0 aromatic heterocycles. The largest absolute Gasteiger partial charge is 0.322 e. The summed E-state index contributed by atoms with van der Waals surface area (Å²) in [6.45, 7) is 3.06. The van der Waals surface area contributed by atoms with Crippen LogP contribution in [0.5, 0.6) is 0 Å². The van der Waals surface area contributed by atoms with E-state index >= 15 is 0 Å². The molecule has 24 heavy (non-hydrogen) atoms. The number of amides is 1. The van der Waals surface area contributed by atoms with Gasteiger partial charge in [0, 0.05) is 24.3 Å². The van der Waals surface area contributed by atoms with Crippen molar-refractivity contribution >= 4 is 21.6 Å². The Morgan fingerprint density at radius 2 is 1.71 bits per heavy atom. The molecule has 0 bridgehead atoms. The second kappa shape index (κ2) is 6.75. The highest BCUT2D eigenvalue weighted by Gasteiger charge is 2.27. The van der Waals surface area contributed by atoms with Gasteiger partial charge in [0.2, 0.25) is 10.0 Å². The van der Waals surface area contributed by atoms with Gasteiger partial charge in [-0.2, -0.15) is 4.31 Å². The maximum Gasteiger partial charge on any atom is 0.255 e. The Balaban J connectivity index is 1.82. The molecule has 2 aromatic rings. The Hall–Kier alpha value is -2.18. The number of benzene rings is 2. The van der Waals surface area contributed by atoms with E-state index in [-0.39, 0.29) is 10.8 Å². The van der Waals surface area contributed by atoms with Gasteiger partial charge in [0.25, 0.3) is 5.91 Å². The third-order valence-electron chi connectivity index (χ3n) is 4.11. The number of anilines is 1. The Bertz CT molecular complexity index is 839. The van der Waals surface area contributed by atoms with Crippen molar-refractivity contribution in [3.05, 3.63) is 59.7 Å². The Labute approximate surface area is 142 Å². The van der Waals surface area contributed by atoms with Crippen LogP contribution >= 0.6 is 0 Å². The monoisotopic (exact) mass is 344 g/mol. The SMILES string of the molecule is Cc1ccc(NC(=O)c2cccc(S(=O)(=O)N3CCCC3)c2)cc1. The molecule has 126 valence electrons. The van der Waals surface area contributed by atoms with Gasteiger partial charge in [0.05, 0.1) is 4.90 Å². The van der Waals surface area contributed by atoms with Crippen LogP contribution < -0.4 is 5.32 Å². The van der Waals surface area contributed by atoms with E-state index in [2.05, 4.69) is 5.32 Å². The van der Waals surface area contributed by atoms with E-state index in [0.29, 0.717) is 24.3 Å². The summed E-state index contributed by atoms with van der Waals surface area (Å²) in [5, 5.41) is 2.79. The van der Waals surface area contributed by atoms with Crippen LogP contribution in [0.4, 0.5) is 5.69 Å². The summed E-state index contributed by atoms with van der Waals surface area (Å²) in [7, 11) is -3.52. The molecule has 0 spiro atoms. The summed E-state index contributed by atoms with van der Waals surface area (Å²) < 4.78 is 26.7. The van der Waals surface area contributed by atoms with Gasteiger partial charge < -0.3 is 5.32 Å². The molecule has 1 saturated heterocycles. The number of carbonyl (C=O) groups excluding carboxylic acids is 1. The van der Waals surface area contributed by atoms with Crippen molar-refractivity contribution < 1.29 is 13.2 Å². The lowest BCUT2D eigenvalue weighted by atomic mass is 10.2. The summed E-state index contributed by atoms with van der Waals surface area (Å²) in [5.41, 5.74) is 2.11. The molecule has 6 heteroatoms. The minimum absolute atomic E-state index is 0.168. The Morgan fingerprint density at radius 1 is 1.04 bits per heavy atom. The van der Waals surface area contributed by atoms with Crippen LogP contribution in [-0.2, 0) is 10.0 Å². The van der Waals surface area contributed by atoms with Crippen molar-refractivity contribution in [1.29, 1.82) is 0 Å². The van der Waals surface area contributed by atoms with Crippen LogP contribution in [0, 0.1) is 6.92 Å². The first-order valence-corrected chi connectivity index (χ1v) is 9.39. The minimum Gasteiger partial charge on any atom is -0.322 e. The second-order valence-corrected chi connectivity index (χ2v) is 7.90. The molecule has 1 aliphatic rings. The first kappa shape index (κ1) is 16.7. The molecule has 0 aliphatic carbocycles. The predicted octanol–water partition coefficient (Wildman–Crippen LogP) is 3.03. The zero-order valence-electron chi connectivity index (χ0n) is 13.5. The van der Waals surface area contributed by atoms with Crippen LogP contribution in [-0.4, -0.2) is 31.7 Å². The first-order chi connectivity index (χ1) is 11.5. The summed E-state index contributed by atoms with van der Waals surface area (Å²) in [6, 6.07) is 13.6. The molecule has 0 saturated carbocycles. The fourth-order valence-corrected chi connectivity index (χ4v) is 4.28. The molecular formula is C18H20N2O3S.